The van der Waals surface area contributed by atoms with Crippen molar-refractivity contribution in [2.45, 2.75) is 45.4 Å². The molecule has 1 aliphatic heterocycles. The summed E-state index contributed by atoms with van der Waals surface area (Å²) in [5.41, 5.74) is 0.119. The number of ether oxygens (including phenoxy) is 1. The van der Waals surface area contributed by atoms with E-state index in [9.17, 15) is 18.4 Å². The normalized spacial score (nSPS) is 13.5. The first-order chi connectivity index (χ1) is 13.5. The molecule has 0 fully saturated rings. The maximum absolute atomic E-state index is 12.2. The fourth-order valence-electron chi connectivity index (χ4n) is 2.99. The standard InChI is InChI=1S/C18H21F2N5O3/c19-18(20)28-13-6-4-5-12(9-13)17(27)22-11-16(26)21-10-15-24-23-14-7-2-1-3-8-25(14)15/h4-6,9,18H,1-3,7-8,10-11H2,(H,21,26)(H,22,27). The van der Waals surface area contributed by atoms with Gasteiger partial charge in [-0.1, -0.05) is 12.5 Å². The average Bonchev–Trinajstić information content (AvgIpc) is 2.90. The molecule has 3 rings (SSSR count). The monoisotopic (exact) mass is 393 g/mol. The predicted molar refractivity (Wildman–Crippen MR) is 94.8 cm³/mol. The predicted octanol–water partition coefficient (Wildman–Crippen LogP) is 1.65. The molecule has 1 aromatic carbocycles. The van der Waals surface area contributed by atoms with Crippen molar-refractivity contribution in [2.24, 2.45) is 0 Å². The van der Waals surface area contributed by atoms with Crippen LogP contribution >= 0.6 is 0 Å². The Balaban J connectivity index is 1.48. The SMILES string of the molecule is O=C(CNC(=O)c1cccc(OC(F)F)c1)NCc1nnc2n1CCCCC2. The first-order valence-corrected chi connectivity index (χ1v) is 9.03. The molecule has 0 spiro atoms. The second-order valence-corrected chi connectivity index (χ2v) is 6.36. The summed E-state index contributed by atoms with van der Waals surface area (Å²) in [4.78, 5) is 24.1. The molecule has 0 radical (unpaired) electrons. The maximum Gasteiger partial charge on any atom is 0.387 e. The van der Waals surface area contributed by atoms with Gasteiger partial charge >= 0.3 is 6.61 Å². The molecule has 0 unspecified atom stereocenters. The van der Waals surface area contributed by atoms with E-state index in [-0.39, 0.29) is 30.3 Å². The molecule has 2 N–H and O–H groups in total. The molecular formula is C18H21F2N5O3. The van der Waals surface area contributed by atoms with Crippen LogP contribution in [0.5, 0.6) is 5.75 Å². The first-order valence-electron chi connectivity index (χ1n) is 9.03. The van der Waals surface area contributed by atoms with Crippen molar-refractivity contribution in [3.8, 4) is 5.75 Å². The van der Waals surface area contributed by atoms with E-state index in [0.29, 0.717) is 5.82 Å². The number of fused-ring (bicyclic) bond motifs is 1. The van der Waals surface area contributed by atoms with Crippen molar-refractivity contribution in [1.29, 1.82) is 0 Å². The van der Waals surface area contributed by atoms with Gasteiger partial charge in [-0.2, -0.15) is 8.78 Å². The topological polar surface area (TPSA) is 98.1 Å². The number of halogens is 2. The lowest BCUT2D eigenvalue weighted by Crippen LogP contribution is -2.37. The van der Waals surface area contributed by atoms with Gasteiger partial charge in [0.05, 0.1) is 13.1 Å². The van der Waals surface area contributed by atoms with Crippen LogP contribution in [0.4, 0.5) is 8.78 Å². The van der Waals surface area contributed by atoms with Gasteiger partial charge in [0.2, 0.25) is 5.91 Å². The van der Waals surface area contributed by atoms with Gasteiger partial charge in [0, 0.05) is 18.5 Å². The largest absolute Gasteiger partial charge is 0.435 e. The molecule has 2 aromatic rings. The third-order valence-corrected chi connectivity index (χ3v) is 4.36. The third-order valence-electron chi connectivity index (χ3n) is 4.36. The zero-order valence-electron chi connectivity index (χ0n) is 15.2. The highest BCUT2D eigenvalue weighted by molar-refractivity contribution is 5.96. The fourth-order valence-corrected chi connectivity index (χ4v) is 2.99. The lowest BCUT2D eigenvalue weighted by molar-refractivity contribution is -0.120. The molecule has 0 bridgehead atoms. The summed E-state index contributed by atoms with van der Waals surface area (Å²) < 4.78 is 30.8. The number of hydrogen-bond donors (Lipinski definition) is 2. The molecule has 0 saturated heterocycles. The molecule has 1 aliphatic rings. The summed E-state index contributed by atoms with van der Waals surface area (Å²) in [6, 6.07) is 5.36. The minimum atomic E-state index is -2.98. The number of amides is 2. The van der Waals surface area contributed by atoms with Gasteiger partial charge in [0.15, 0.2) is 5.82 Å². The summed E-state index contributed by atoms with van der Waals surface area (Å²) in [5, 5.41) is 13.4. The average molecular weight is 393 g/mol. The minimum Gasteiger partial charge on any atom is -0.435 e. The van der Waals surface area contributed by atoms with Crippen molar-refractivity contribution in [3.05, 3.63) is 41.5 Å². The Morgan fingerprint density at radius 2 is 2.04 bits per heavy atom. The van der Waals surface area contributed by atoms with Crippen LogP contribution in [-0.4, -0.2) is 39.7 Å². The molecule has 0 saturated carbocycles. The van der Waals surface area contributed by atoms with E-state index < -0.39 is 12.5 Å². The van der Waals surface area contributed by atoms with E-state index in [1.54, 1.807) is 0 Å². The quantitative estimate of drug-likeness (QED) is 0.746. The number of alkyl halides is 2. The van der Waals surface area contributed by atoms with Crippen LogP contribution in [0.1, 0.15) is 41.3 Å². The van der Waals surface area contributed by atoms with Gasteiger partial charge in [-0.3, -0.25) is 9.59 Å². The zero-order valence-corrected chi connectivity index (χ0v) is 15.2. The maximum atomic E-state index is 12.2. The summed E-state index contributed by atoms with van der Waals surface area (Å²) in [6.07, 6.45) is 4.16. The lowest BCUT2D eigenvalue weighted by atomic mass is 10.2. The molecule has 2 heterocycles. The molecule has 0 aliphatic carbocycles. The number of aryl methyl sites for hydroxylation is 1. The third kappa shape index (κ3) is 5.24. The minimum absolute atomic E-state index is 0.119. The molecule has 10 heteroatoms. The van der Waals surface area contributed by atoms with Crippen LogP contribution in [0.15, 0.2) is 24.3 Å². The Morgan fingerprint density at radius 1 is 1.18 bits per heavy atom. The number of nitrogens with one attached hydrogen (secondary N) is 2. The number of benzene rings is 1. The van der Waals surface area contributed by atoms with Gasteiger partial charge in [0.25, 0.3) is 5.91 Å². The number of carbonyl (C=O) groups excluding carboxylic acids is 2. The van der Waals surface area contributed by atoms with Crippen molar-refractivity contribution in [1.82, 2.24) is 25.4 Å². The second-order valence-electron chi connectivity index (χ2n) is 6.36. The Bertz CT molecular complexity index is 840. The molecule has 150 valence electrons. The fraction of sp³-hybridized carbons (Fsp3) is 0.444. The Hall–Kier alpha value is -3.04. The number of carbonyl (C=O) groups is 2. The van der Waals surface area contributed by atoms with Crippen LogP contribution < -0.4 is 15.4 Å². The molecule has 2 amide bonds. The van der Waals surface area contributed by atoms with E-state index in [2.05, 4.69) is 25.6 Å². The smallest absolute Gasteiger partial charge is 0.387 e. The number of rotatable bonds is 7. The van der Waals surface area contributed by atoms with Crippen LogP contribution in [0.3, 0.4) is 0 Å². The van der Waals surface area contributed by atoms with Crippen molar-refractivity contribution < 1.29 is 23.1 Å². The van der Waals surface area contributed by atoms with Gasteiger partial charge in [-0.15, -0.1) is 10.2 Å². The van der Waals surface area contributed by atoms with E-state index in [4.69, 9.17) is 0 Å². The summed E-state index contributed by atoms with van der Waals surface area (Å²) >= 11 is 0. The van der Waals surface area contributed by atoms with Gasteiger partial charge in [-0.25, -0.2) is 0 Å². The van der Waals surface area contributed by atoms with E-state index in [1.165, 1.54) is 24.3 Å². The Morgan fingerprint density at radius 3 is 2.86 bits per heavy atom. The van der Waals surface area contributed by atoms with Crippen LogP contribution in [-0.2, 0) is 24.3 Å². The molecule has 28 heavy (non-hydrogen) atoms. The molecular weight excluding hydrogens is 372 g/mol. The molecule has 8 nitrogen and oxygen atoms in total. The highest BCUT2D eigenvalue weighted by Crippen LogP contribution is 2.16. The van der Waals surface area contributed by atoms with Crippen molar-refractivity contribution in [3.63, 3.8) is 0 Å². The number of hydrogen-bond acceptors (Lipinski definition) is 5. The Labute approximate surface area is 160 Å². The lowest BCUT2D eigenvalue weighted by Gasteiger charge is -2.10. The highest BCUT2D eigenvalue weighted by atomic mass is 19.3. The van der Waals surface area contributed by atoms with E-state index in [1.807, 2.05) is 4.57 Å². The van der Waals surface area contributed by atoms with E-state index >= 15 is 0 Å². The van der Waals surface area contributed by atoms with Gasteiger partial charge in [-0.05, 0) is 31.0 Å². The van der Waals surface area contributed by atoms with Crippen molar-refractivity contribution in [2.75, 3.05) is 6.54 Å². The van der Waals surface area contributed by atoms with Crippen LogP contribution in [0.2, 0.25) is 0 Å². The summed E-state index contributed by atoms with van der Waals surface area (Å²) in [7, 11) is 0. The summed E-state index contributed by atoms with van der Waals surface area (Å²) in [5.74, 6) is 0.541. The summed E-state index contributed by atoms with van der Waals surface area (Å²) in [6.45, 7) is -2.17. The second kappa shape index (κ2) is 9.25. The number of aromatic nitrogens is 3. The van der Waals surface area contributed by atoms with Gasteiger partial charge < -0.3 is 19.9 Å². The van der Waals surface area contributed by atoms with Gasteiger partial charge in [0.1, 0.15) is 11.6 Å². The molecule has 1 aromatic heterocycles. The van der Waals surface area contributed by atoms with Crippen molar-refractivity contribution >= 4 is 11.8 Å². The highest BCUT2D eigenvalue weighted by Gasteiger charge is 2.15. The Kier molecular flexibility index (Phi) is 6.51. The zero-order chi connectivity index (χ0) is 19.9. The number of nitrogens with zero attached hydrogens (tertiary/aromatic N) is 3. The van der Waals surface area contributed by atoms with E-state index in [0.717, 1.165) is 38.1 Å². The first kappa shape index (κ1) is 19.7. The molecule has 0 atom stereocenters. The van der Waals surface area contributed by atoms with Crippen LogP contribution in [0, 0.1) is 0 Å². The van der Waals surface area contributed by atoms with Crippen LogP contribution in [0.25, 0.3) is 0 Å².